The summed E-state index contributed by atoms with van der Waals surface area (Å²) in [5.41, 5.74) is 3.71. The van der Waals surface area contributed by atoms with Gasteiger partial charge in [0.2, 0.25) is 5.91 Å². The quantitative estimate of drug-likeness (QED) is 0.903. The second-order valence-corrected chi connectivity index (χ2v) is 8.80. The van der Waals surface area contributed by atoms with Gasteiger partial charge in [-0.15, -0.1) is 0 Å². The zero-order valence-electron chi connectivity index (χ0n) is 13.6. The van der Waals surface area contributed by atoms with E-state index in [0.717, 1.165) is 6.42 Å². The zero-order chi connectivity index (χ0) is 16.3. The van der Waals surface area contributed by atoms with Crippen LogP contribution in [0.5, 0.6) is 0 Å². The molecule has 0 saturated carbocycles. The van der Waals surface area contributed by atoms with Crippen molar-refractivity contribution in [2.45, 2.75) is 46.1 Å². The Labute approximate surface area is 133 Å². The molecule has 1 aliphatic heterocycles. The Morgan fingerprint density at radius 3 is 2.68 bits per heavy atom. The van der Waals surface area contributed by atoms with E-state index in [-0.39, 0.29) is 29.4 Å². The topological polar surface area (TPSA) is 63.2 Å². The predicted molar refractivity (Wildman–Crippen MR) is 88.6 cm³/mol. The van der Waals surface area contributed by atoms with Crippen LogP contribution in [-0.2, 0) is 21.1 Å². The lowest BCUT2D eigenvalue weighted by Gasteiger charge is -2.17. The maximum absolute atomic E-state index is 12.0. The van der Waals surface area contributed by atoms with Gasteiger partial charge in [-0.1, -0.05) is 23.8 Å². The fourth-order valence-corrected chi connectivity index (χ4v) is 4.95. The number of amides is 1. The van der Waals surface area contributed by atoms with Crippen LogP contribution in [0.2, 0.25) is 0 Å². The summed E-state index contributed by atoms with van der Waals surface area (Å²) in [6.07, 6.45) is 1.72. The molecular weight excluding hydrogens is 298 g/mol. The van der Waals surface area contributed by atoms with E-state index in [0.29, 0.717) is 12.8 Å². The van der Waals surface area contributed by atoms with Crippen LogP contribution in [0, 0.1) is 19.8 Å². The van der Waals surface area contributed by atoms with Crippen LogP contribution < -0.4 is 5.32 Å². The van der Waals surface area contributed by atoms with Gasteiger partial charge in [0.25, 0.3) is 0 Å². The summed E-state index contributed by atoms with van der Waals surface area (Å²) >= 11 is 0. The molecule has 1 aliphatic rings. The van der Waals surface area contributed by atoms with Crippen molar-refractivity contribution >= 4 is 15.7 Å². The van der Waals surface area contributed by atoms with Gasteiger partial charge < -0.3 is 5.32 Å². The van der Waals surface area contributed by atoms with Crippen molar-refractivity contribution in [1.29, 1.82) is 0 Å². The minimum atomic E-state index is -2.91. The van der Waals surface area contributed by atoms with Gasteiger partial charge in [0.15, 0.2) is 9.84 Å². The van der Waals surface area contributed by atoms with Crippen molar-refractivity contribution < 1.29 is 13.2 Å². The molecule has 1 fully saturated rings. The summed E-state index contributed by atoms with van der Waals surface area (Å²) in [4.78, 5) is 12.0. The third kappa shape index (κ3) is 4.83. The highest BCUT2D eigenvalue weighted by Gasteiger charge is 2.29. The molecule has 4 nitrogen and oxygen atoms in total. The number of sulfone groups is 1. The molecular formula is C17H25NO3S. The lowest BCUT2D eigenvalue weighted by molar-refractivity contribution is -0.122. The molecule has 122 valence electrons. The van der Waals surface area contributed by atoms with Gasteiger partial charge in [0.1, 0.15) is 0 Å². The lowest BCUT2D eigenvalue weighted by atomic mass is 9.99. The SMILES string of the molecule is Cc1ccc(C[C@@H](C)NC(=O)C[C@@H]2CCS(=O)(=O)C2)c(C)c1. The minimum absolute atomic E-state index is 0.0155. The molecule has 1 saturated heterocycles. The minimum Gasteiger partial charge on any atom is -0.353 e. The standard InChI is InChI=1S/C17H25NO3S/c1-12-4-5-16(13(2)8-12)9-14(3)18-17(19)10-15-6-7-22(20,21)11-15/h4-5,8,14-15H,6-7,9-11H2,1-3H3,(H,18,19)/t14-,15+/m1/s1. The second kappa shape index (κ2) is 6.82. The summed E-state index contributed by atoms with van der Waals surface area (Å²) in [5.74, 6) is 0.326. The molecule has 1 aromatic rings. The molecule has 2 rings (SSSR count). The second-order valence-electron chi connectivity index (χ2n) is 6.58. The van der Waals surface area contributed by atoms with Crippen molar-refractivity contribution in [1.82, 2.24) is 5.32 Å². The number of hydrogen-bond donors (Lipinski definition) is 1. The zero-order valence-corrected chi connectivity index (χ0v) is 14.4. The number of aryl methyl sites for hydroxylation is 2. The number of carbonyl (C=O) groups excluding carboxylic acids is 1. The molecule has 1 heterocycles. The number of hydrogen-bond acceptors (Lipinski definition) is 3. The first-order valence-corrected chi connectivity index (χ1v) is 9.63. The van der Waals surface area contributed by atoms with E-state index in [4.69, 9.17) is 0 Å². The summed E-state index contributed by atoms with van der Waals surface area (Å²) in [5, 5.41) is 2.99. The van der Waals surface area contributed by atoms with Crippen LogP contribution in [0.3, 0.4) is 0 Å². The largest absolute Gasteiger partial charge is 0.353 e. The Hall–Kier alpha value is -1.36. The molecule has 1 aromatic carbocycles. The van der Waals surface area contributed by atoms with Crippen LogP contribution in [0.1, 0.15) is 36.5 Å². The number of carbonyl (C=O) groups is 1. The maximum atomic E-state index is 12.0. The van der Waals surface area contributed by atoms with E-state index in [9.17, 15) is 13.2 Å². The summed E-state index contributed by atoms with van der Waals surface area (Å²) < 4.78 is 22.8. The lowest BCUT2D eigenvalue weighted by Crippen LogP contribution is -2.35. The average Bonchev–Trinajstić information content (AvgIpc) is 2.71. The van der Waals surface area contributed by atoms with Crippen molar-refractivity contribution in [3.8, 4) is 0 Å². The highest BCUT2D eigenvalue weighted by atomic mass is 32.2. The first-order chi connectivity index (χ1) is 10.2. The first-order valence-electron chi connectivity index (χ1n) is 7.81. The maximum Gasteiger partial charge on any atom is 0.220 e. The normalized spacial score (nSPS) is 21.5. The van der Waals surface area contributed by atoms with Gasteiger partial charge in [0, 0.05) is 12.5 Å². The number of benzene rings is 1. The van der Waals surface area contributed by atoms with Crippen LogP contribution in [0.4, 0.5) is 0 Å². The Morgan fingerprint density at radius 2 is 2.09 bits per heavy atom. The van der Waals surface area contributed by atoms with E-state index in [1.165, 1.54) is 16.7 Å². The van der Waals surface area contributed by atoms with Gasteiger partial charge >= 0.3 is 0 Å². The first kappa shape index (κ1) is 17.0. The third-order valence-corrected chi connectivity index (χ3v) is 6.07. The van der Waals surface area contributed by atoms with Crippen LogP contribution in [0.25, 0.3) is 0 Å². The molecule has 22 heavy (non-hydrogen) atoms. The van der Waals surface area contributed by atoms with E-state index in [2.05, 4.69) is 37.4 Å². The predicted octanol–water partition coefficient (Wildman–Crippen LogP) is 2.18. The Bertz CT molecular complexity index is 652. The van der Waals surface area contributed by atoms with Gasteiger partial charge in [-0.05, 0) is 50.7 Å². The van der Waals surface area contributed by atoms with Gasteiger partial charge in [-0.3, -0.25) is 4.79 Å². The summed E-state index contributed by atoms with van der Waals surface area (Å²) in [7, 11) is -2.91. The van der Waals surface area contributed by atoms with E-state index >= 15 is 0 Å². The molecule has 0 aliphatic carbocycles. The van der Waals surface area contributed by atoms with Gasteiger partial charge in [-0.25, -0.2) is 8.42 Å². The monoisotopic (exact) mass is 323 g/mol. The molecule has 1 amide bonds. The molecule has 1 N–H and O–H groups in total. The van der Waals surface area contributed by atoms with Gasteiger partial charge in [-0.2, -0.15) is 0 Å². The summed E-state index contributed by atoms with van der Waals surface area (Å²) in [6.45, 7) is 6.14. The van der Waals surface area contributed by atoms with Gasteiger partial charge in [0.05, 0.1) is 11.5 Å². The molecule has 0 unspecified atom stereocenters. The fourth-order valence-electron chi connectivity index (χ4n) is 3.08. The van der Waals surface area contributed by atoms with E-state index in [1.54, 1.807) is 0 Å². The van der Waals surface area contributed by atoms with Crippen LogP contribution >= 0.6 is 0 Å². The van der Waals surface area contributed by atoms with Crippen molar-refractivity contribution in [2.24, 2.45) is 5.92 Å². The molecule has 5 heteroatoms. The molecule has 0 bridgehead atoms. The summed E-state index contributed by atoms with van der Waals surface area (Å²) in [6, 6.07) is 6.39. The molecule has 0 aromatic heterocycles. The Kier molecular flexibility index (Phi) is 5.27. The molecule has 2 atom stereocenters. The van der Waals surface area contributed by atoms with E-state index in [1.807, 2.05) is 6.92 Å². The smallest absolute Gasteiger partial charge is 0.220 e. The van der Waals surface area contributed by atoms with Crippen LogP contribution in [-0.4, -0.2) is 31.9 Å². The number of nitrogens with one attached hydrogen (secondary N) is 1. The van der Waals surface area contributed by atoms with Crippen molar-refractivity contribution in [3.05, 3.63) is 34.9 Å². The molecule has 0 radical (unpaired) electrons. The molecule has 0 spiro atoms. The fraction of sp³-hybridized carbons (Fsp3) is 0.588. The van der Waals surface area contributed by atoms with Crippen molar-refractivity contribution in [3.63, 3.8) is 0 Å². The number of rotatable bonds is 5. The third-order valence-electron chi connectivity index (χ3n) is 4.23. The van der Waals surface area contributed by atoms with Crippen molar-refractivity contribution in [2.75, 3.05) is 11.5 Å². The Morgan fingerprint density at radius 1 is 1.36 bits per heavy atom. The highest BCUT2D eigenvalue weighted by Crippen LogP contribution is 2.21. The average molecular weight is 323 g/mol. The Balaban J connectivity index is 1.84. The van der Waals surface area contributed by atoms with Crippen LogP contribution in [0.15, 0.2) is 18.2 Å². The van der Waals surface area contributed by atoms with E-state index < -0.39 is 9.84 Å². The highest BCUT2D eigenvalue weighted by molar-refractivity contribution is 7.91.